The first kappa shape index (κ1) is 19.9. The fraction of sp³-hybridized carbons (Fsp3) is 0.421. The number of hydrogen-bond acceptors (Lipinski definition) is 6. The van der Waals surface area contributed by atoms with Crippen molar-refractivity contribution in [2.24, 2.45) is 0 Å². The minimum absolute atomic E-state index is 0.0165. The maximum Gasteiger partial charge on any atom is 0.416 e. The summed E-state index contributed by atoms with van der Waals surface area (Å²) < 4.78 is 49.6. The Morgan fingerprint density at radius 3 is 2.64 bits per heavy atom. The molecule has 2 aromatic rings. The fourth-order valence-corrected chi connectivity index (χ4v) is 3.19. The summed E-state index contributed by atoms with van der Waals surface area (Å²) >= 11 is 0. The van der Waals surface area contributed by atoms with Gasteiger partial charge in [-0.3, -0.25) is 4.79 Å². The Balaban J connectivity index is 2.04. The first-order valence-electron chi connectivity index (χ1n) is 8.90. The molecular formula is C19H21F3N2O4. The molecule has 0 radical (unpaired) electrons. The zero-order valence-electron chi connectivity index (χ0n) is 15.3. The monoisotopic (exact) mass is 398 g/mol. The van der Waals surface area contributed by atoms with Gasteiger partial charge in [-0.1, -0.05) is 12.1 Å². The molecule has 0 bridgehead atoms. The Morgan fingerprint density at radius 2 is 2.00 bits per heavy atom. The molecule has 1 aromatic heterocycles. The number of anilines is 2. The van der Waals surface area contributed by atoms with Crippen molar-refractivity contribution in [1.82, 2.24) is 0 Å². The third kappa shape index (κ3) is 4.18. The second-order valence-electron chi connectivity index (χ2n) is 6.52. The average molecular weight is 398 g/mol. The van der Waals surface area contributed by atoms with Gasteiger partial charge in [-0.15, -0.1) is 0 Å². The molecule has 2 heterocycles. The fourth-order valence-electron chi connectivity index (χ4n) is 3.19. The van der Waals surface area contributed by atoms with Gasteiger partial charge in [-0.05, 0) is 37.0 Å². The molecule has 28 heavy (non-hydrogen) atoms. The summed E-state index contributed by atoms with van der Waals surface area (Å²) in [6, 6.07) is 4.60. The molecule has 152 valence electrons. The Hall–Kier alpha value is -2.84. The second kappa shape index (κ2) is 8.04. The lowest BCUT2D eigenvalue weighted by atomic mass is 10.0. The van der Waals surface area contributed by atoms with Crippen LogP contribution in [0.2, 0.25) is 0 Å². The molecule has 1 aliphatic heterocycles. The van der Waals surface area contributed by atoms with Crippen molar-refractivity contribution in [3.05, 3.63) is 29.8 Å². The number of aromatic hydroxyl groups is 1. The number of hydrogen-bond donors (Lipinski definition) is 2. The molecule has 6 nitrogen and oxygen atoms in total. The lowest BCUT2D eigenvalue weighted by Gasteiger charge is -2.26. The standard InChI is InChI=1S/C19H21F3N2O4/c1-27-14(25)11-23-17-15(12-6-5-7-13(10-12)19(20,21)22)16(26)18(28-17)24-8-3-2-4-9-24/h5-7,10,23,26H,2-4,8-9,11H2,1H3. The molecule has 1 aromatic carbocycles. The van der Waals surface area contributed by atoms with E-state index in [-0.39, 0.29) is 35.2 Å². The zero-order chi connectivity index (χ0) is 20.3. The van der Waals surface area contributed by atoms with Crippen LogP contribution in [-0.4, -0.2) is 37.8 Å². The Labute approximate surface area is 159 Å². The Morgan fingerprint density at radius 1 is 1.29 bits per heavy atom. The zero-order valence-corrected chi connectivity index (χ0v) is 15.3. The quantitative estimate of drug-likeness (QED) is 0.734. The summed E-state index contributed by atoms with van der Waals surface area (Å²) in [6.45, 7) is 1.08. The van der Waals surface area contributed by atoms with E-state index in [1.54, 1.807) is 0 Å². The van der Waals surface area contributed by atoms with E-state index in [2.05, 4.69) is 10.1 Å². The van der Waals surface area contributed by atoms with Crippen LogP contribution in [0, 0.1) is 0 Å². The average Bonchev–Trinajstić information content (AvgIpc) is 3.02. The number of benzene rings is 1. The first-order valence-corrected chi connectivity index (χ1v) is 8.90. The smallest absolute Gasteiger partial charge is 0.416 e. The van der Waals surface area contributed by atoms with Crippen LogP contribution in [0.1, 0.15) is 24.8 Å². The highest BCUT2D eigenvalue weighted by Gasteiger charge is 2.32. The van der Waals surface area contributed by atoms with Gasteiger partial charge in [0.25, 0.3) is 0 Å². The molecule has 0 aliphatic carbocycles. The second-order valence-corrected chi connectivity index (χ2v) is 6.52. The van der Waals surface area contributed by atoms with Crippen LogP contribution in [0.15, 0.2) is 28.7 Å². The third-order valence-electron chi connectivity index (χ3n) is 4.61. The van der Waals surface area contributed by atoms with Gasteiger partial charge in [0.15, 0.2) is 5.75 Å². The van der Waals surface area contributed by atoms with Gasteiger partial charge >= 0.3 is 12.1 Å². The van der Waals surface area contributed by atoms with Crippen molar-refractivity contribution in [3.63, 3.8) is 0 Å². The number of furan rings is 1. The maximum absolute atomic E-state index is 13.1. The Kier molecular flexibility index (Phi) is 5.71. The topological polar surface area (TPSA) is 74.9 Å². The number of nitrogens with one attached hydrogen (secondary N) is 1. The summed E-state index contributed by atoms with van der Waals surface area (Å²) in [5.41, 5.74) is -0.633. The predicted molar refractivity (Wildman–Crippen MR) is 97.4 cm³/mol. The van der Waals surface area contributed by atoms with Crippen LogP contribution < -0.4 is 10.2 Å². The van der Waals surface area contributed by atoms with Crippen LogP contribution in [0.3, 0.4) is 0 Å². The van der Waals surface area contributed by atoms with Crippen molar-refractivity contribution in [3.8, 4) is 16.9 Å². The molecule has 0 unspecified atom stereocenters. The lowest BCUT2D eigenvalue weighted by molar-refractivity contribution is -0.139. The molecule has 0 saturated carbocycles. The highest BCUT2D eigenvalue weighted by Crippen LogP contribution is 2.47. The van der Waals surface area contributed by atoms with E-state index in [1.165, 1.54) is 19.2 Å². The van der Waals surface area contributed by atoms with Crippen LogP contribution >= 0.6 is 0 Å². The molecule has 1 aliphatic rings. The van der Waals surface area contributed by atoms with Crippen LogP contribution in [0.4, 0.5) is 24.9 Å². The number of methoxy groups -OCH3 is 1. The van der Waals surface area contributed by atoms with E-state index in [1.807, 2.05) is 4.90 Å². The van der Waals surface area contributed by atoms with E-state index in [0.717, 1.165) is 31.4 Å². The van der Waals surface area contributed by atoms with Crippen molar-refractivity contribution in [1.29, 1.82) is 0 Å². The first-order chi connectivity index (χ1) is 13.3. The predicted octanol–water partition coefficient (Wildman–Crippen LogP) is 4.25. The summed E-state index contributed by atoms with van der Waals surface area (Å²) in [6.07, 6.45) is -1.62. The third-order valence-corrected chi connectivity index (χ3v) is 4.61. The van der Waals surface area contributed by atoms with Crippen molar-refractivity contribution < 1.29 is 32.2 Å². The molecule has 0 atom stereocenters. The van der Waals surface area contributed by atoms with Crippen LogP contribution in [-0.2, 0) is 15.7 Å². The van der Waals surface area contributed by atoms with Crippen molar-refractivity contribution >= 4 is 17.7 Å². The van der Waals surface area contributed by atoms with E-state index in [9.17, 15) is 23.1 Å². The highest BCUT2D eigenvalue weighted by molar-refractivity contribution is 5.87. The molecule has 1 fully saturated rings. The molecule has 9 heteroatoms. The largest absolute Gasteiger partial charge is 0.503 e. The van der Waals surface area contributed by atoms with E-state index >= 15 is 0 Å². The van der Waals surface area contributed by atoms with E-state index < -0.39 is 17.7 Å². The SMILES string of the molecule is COC(=O)CNc1oc(N2CCCCC2)c(O)c1-c1cccc(C(F)(F)F)c1. The number of carbonyl (C=O) groups excluding carboxylic acids is 1. The van der Waals surface area contributed by atoms with Crippen LogP contribution in [0.25, 0.3) is 11.1 Å². The summed E-state index contributed by atoms with van der Waals surface area (Å²) in [4.78, 5) is 13.3. The number of esters is 1. The number of rotatable bonds is 5. The molecule has 2 N–H and O–H groups in total. The number of nitrogens with zero attached hydrogens (tertiary/aromatic N) is 1. The normalized spacial score (nSPS) is 14.8. The minimum Gasteiger partial charge on any atom is -0.503 e. The summed E-state index contributed by atoms with van der Waals surface area (Å²) in [5.74, 6) is -0.638. The molecule has 1 saturated heterocycles. The highest BCUT2D eigenvalue weighted by atomic mass is 19.4. The maximum atomic E-state index is 13.1. The molecule has 0 amide bonds. The van der Waals surface area contributed by atoms with E-state index in [0.29, 0.717) is 13.1 Å². The summed E-state index contributed by atoms with van der Waals surface area (Å²) in [7, 11) is 1.22. The van der Waals surface area contributed by atoms with Gasteiger partial charge in [-0.25, -0.2) is 0 Å². The number of halogens is 3. The summed E-state index contributed by atoms with van der Waals surface area (Å²) in [5, 5.41) is 13.5. The van der Waals surface area contributed by atoms with Gasteiger partial charge in [0.1, 0.15) is 6.54 Å². The molecule has 3 rings (SSSR count). The lowest BCUT2D eigenvalue weighted by Crippen LogP contribution is -2.28. The van der Waals surface area contributed by atoms with E-state index in [4.69, 9.17) is 4.42 Å². The number of carbonyl (C=O) groups is 1. The molecule has 0 spiro atoms. The number of alkyl halides is 3. The van der Waals surface area contributed by atoms with Gasteiger partial charge in [0.2, 0.25) is 11.8 Å². The van der Waals surface area contributed by atoms with Crippen molar-refractivity contribution in [2.75, 3.05) is 37.0 Å². The van der Waals surface area contributed by atoms with Gasteiger partial charge in [0, 0.05) is 13.1 Å². The van der Waals surface area contributed by atoms with Gasteiger partial charge < -0.3 is 24.5 Å². The van der Waals surface area contributed by atoms with Gasteiger partial charge in [0.05, 0.1) is 18.2 Å². The number of ether oxygens (including phenoxy) is 1. The van der Waals surface area contributed by atoms with Crippen LogP contribution in [0.5, 0.6) is 5.75 Å². The van der Waals surface area contributed by atoms with Crippen molar-refractivity contribution in [2.45, 2.75) is 25.4 Å². The minimum atomic E-state index is -4.52. The number of piperidine rings is 1. The van der Waals surface area contributed by atoms with Gasteiger partial charge in [-0.2, -0.15) is 13.2 Å². The Bertz CT molecular complexity index is 842. The molecular weight excluding hydrogens is 377 g/mol.